The topological polar surface area (TPSA) is 93.4 Å². The fourth-order valence-corrected chi connectivity index (χ4v) is 4.26. The maximum absolute atomic E-state index is 13.2. The van der Waals surface area contributed by atoms with Crippen LogP contribution in [0.25, 0.3) is 11.0 Å². The molecule has 3 aromatic carbocycles. The number of esters is 1. The Morgan fingerprint density at radius 2 is 1.84 bits per heavy atom. The molecular formula is C28H23ClO8. The maximum atomic E-state index is 13.2. The minimum Gasteiger partial charge on any atom is -0.489 e. The van der Waals surface area contributed by atoms with Crippen molar-refractivity contribution >= 4 is 28.5 Å². The maximum Gasteiger partial charge on any atom is 0.338 e. The quantitative estimate of drug-likeness (QED) is 0.266. The lowest BCUT2D eigenvalue weighted by Gasteiger charge is -2.21. The molecule has 0 bridgehead atoms. The number of halogens is 1. The van der Waals surface area contributed by atoms with E-state index in [2.05, 4.69) is 0 Å². The lowest BCUT2D eigenvalue weighted by atomic mass is 10.1. The Labute approximate surface area is 217 Å². The third kappa shape index (κ3) is 5.26. The summed E-state index contributed by atoms with van der Waals surface area (Å²) in [6.07, 6.45) is 0. The summed E-state index contributed by atoms with van der Waals surface area (Å²) in [5.41, 5.74) is 2.09. The fraction of sp³-hybridized carbons (Fsp3) is 0.214. The van der Waals surface area contributed by atoms with Crippen molar-refractivity contribution in [2.24, 2.45) is 0 Å². The SMILES string of the molecule is CCOC(=O)c1ccc(Oc2c(C)oc3cc(OCc4cc(Cl)cc5c4OCOC5)ccc3c2=O)cc1. The molecule has 0 aliphatic carbocycles. The molecule has 0 spiro atoms. The van der Waals surface area contributed by atoms with Gasteiger partial charge in [-0.3, -0.25) is 4.79 Å². The van der Waals surface area contributed by atoms with E-state index in [4.69, 9.17) is 39.7 Å². The first kappa shape index (κ1) is 24.7. The highest BCUT2D eigenvalue weighted by molar-refractivity contribution is 6.30. The zero-order chi connectivity index (χ0) is 25.9. The number of carbonyl (C=O) groups excluding carboxylic acids is 1. The fourth-order valence-electron chi connectivity index (χ4n) is 3.99. The second kappa shape index (κ2) is 10.5. The van der Waals surface area contributed by atoms with Crippen LogP contribution in [0.3, 0.4) is 0 Å². The Kier molecular flexibility index (Phi) is 7.03. The molecule has 0 fully saturated rings. The van der Waals surface area contributed by atoms with Crippen molar-refractivity contribution in [1.29, 1.82) is 0 Å². The van der Waals surface area contributed by atoms with E-state index in [0.717, 1.165) is 11.1 Å². The zero-order valence-electron chi connectivity index (χ0n) is 20.2. The molecule has 5 rings (SSSR count). The van der Waals surface area contributed by atoms with Gasteiger partial charge in [0.25, 0.3) is 0 Å². The van der Waals surface area contributed by atoms with E-state index in [9.17, 15) is 9.59 Å². The van der Waals surface area contributed by atoms with E-state index in [1.54, 1.807) is 68.4 Å². The Hall–Kier alpha value is -4.01. The van der Waals surface area contributed by atoms with E-state index in [0.29, 0.717) is 51.2 Å². The molecule has 1 aliphatic heterocycles. The van der Waals surface area contributed by atoms with Crippen LogP contribution in [-0.4, -0.2) is 19.4 Å². The van der Waals surface area contributed by atoms with Crippen LogP contribution in [0, 0.1) is 6.92 Å². The Morgan fingerprint density at radius 1 is 1.05 bits per heavy atom. The summed E-state index contributed by atoms with van der Waals surface area (Å²) in [7, 11) is 0. The zero-order valence-corrected chi connectivity index (χ0v) is 20.9. The third-order valence-electron chi connectivity index (χ3n) is 5.72. The van der Waals surface area contributed by atoms with Crippen LogP contribution in [0.2, 0.25) is 5.02 Å². The molecule has 4 aromatic rings. The van der Waals surface area contributed by atoms with Gasteiger partial charge in [-0.05, 0) is 62.4 Å². The minimum absolute atomic E-state index is 0.0648. The number of ether oxygens (including phenoxy) is 5. The van der Waals surface area contributed by atoms with Crippen LogP contribution in [0.4, 0.5) is 0 Å². The first-order chi connectivity index (χ1) is 17.9. The summed E-state index contributed by atoms with van der Waals surface area (Å²) in [5, 5.41) is 0.909. The van der Waals surface area contributed by atoms with Crippen LogP contribution in [0.15, 0.2) is 63.8 Å². The average molecular weight is 523 g/mol. The van der Waals surface area contributed by atoms with Gasteiger partial charge in [0.05, 0.1) is 24.2 Å². The molecule has 0 atom stereocenters. The molecule has 9 heteroatoms. The smallest absolute Gasteiger partial charge is 0.338 e. The summed E-state index contributed by atoms with van der Waals surface area (Å²) >= 11 is 6.23. The molecule has 0 unspecified atom stereocenters. The van der Waals surface area contributed by atoms with E-state index in [-0.39, 0.29) is 31.2 Å². The average Bonchev–Trinajstić information content (AvgIpc) is 2.90. The largest absolute Gasteiger partial charge is 0.489 e. The number of fused-ring (bicyclic) bond motifs is 2. The van der Waals surface area contributed by atoms with Crippen molar-refractivity contribution in [2.45, 2.75) is 27.1 Å². The van der Waals surface area contributed by atoms with Crippen molar-refractivity contribution in [3.8, 4) is 23.0 Å². The van der Waals surface area contributed by atoms with Crippen molar-refractivity contribution in [3.05, 3.63) is 92.3 Å². The molecule has 0 N–H and O–H groups in total. The van der Waals surface area contributed by atoms with Crippen molar-refractivity contribution in [2.75, 3.05) is 13.4 Å². The van der Waals surface area contributed by atoms with Gasteiger partial charge in [-0.15, -0.1) is 0 Å². The number of hydrogen-bond donors (Lipinski definition) is 0. The van der Waals surface area contributed by atoms with Gasteiger partial charge in [-0.25, -0.2) is 4.79 Å². The molecule has 1 aliphatic rings. The van der Waals surface area contributed by atoms with E-state index in [1.165, 1.54) is 0 Å². The standard InChI is InChI=1S/C28H23ClO8/c1-3-33-28(31)17-4-6-21(7-5-17)37-26-16(2)36-24-12-22(8-9-23(24)25(26)30)34-14-19-11-20(29)10-18-13-32-15-35-27(18)19/h4-12H,3,13-15H2,1-2H3. The number of aryl methyl sites for hydroxylation is 1. The van der Waals surface area contributed by atoms with Gasteiger partial charge < -0.3 is 28.1 Å². The van der Waals surface area contributed by atoms with E-state index >= 15 is 0 Å². The summed E-state index contributed by atoms with van der Waals surface area (Å²) in [6.45, 7) is 4.47. The van der Waals surface area contributed by atoms with Gasteiger partial charge in [0.2, 0.25) is 11.2 Å². The molecule has 190 valence electrons. The normalized spacial score (nSPS) is 12.5. The second-order valence-corrected chi connectivity index (χ2v) is 8.71. The van der Waals surface area contributed by atoms with Crippen molar-refractivity contribution in [3.63, 3.8) is 0 Å². The second-order valence-electron chi connectivity index (χ2n) is 8.27. The number of benzene rings is 3. The van der Waals surface area contributed by atoms with Crippen LogP contribution in [0.5, 0.6) is 23.0 Å². The Morgan fingerprint density at radius 3 is 2.62 bits per heavy atom. The molecular weight excluding hydrogens is 500 g/mol. The Balaban J connectivity index is 1.36. The van der Waals surface area contributed by atoms with Crippen molar-refractivity contribution < 1.29 is 32.9 Å². The van der Waals surface area contributed by atoms with Gasteiger partial charge in [0, 0.05) is 22.2 Å². The summed E-state index contributed by atoms with van der Waals surface area (Å²) < 4.78 is 33.6. The van der Waals surface area contributed by atoms with Gasteiger partial charge in [0.1, 0.15) is 35.2 Å². The monoisotopic (exact) mass is 522 g/mol. The molecule has 0 saturated heterocycles. The van der Waals surface area contributed by atoms with Crippen LogP contribution >= 0.6 is 11.6 Å². The molecule has 0 amide bonds. The van der Waals surface area contributed by atoms with Crippen LogP contribution in [0.1, 0.15) is 34.2 Å². The van der Waals surface area contributed by atoms with Crippen LogP contribution < -0.4 is 19.6 Å². The lowest BCUT2D eigenvalue weighted by molar-refractivity contribution is -0.0175. The number of carbonyl (C=O) groups is 1. The predicted molar refractivity (Wildman–Crippen MR) is 136 cm³/mol. The summed E-state index contributed by atoms with van der Waals surface area (Å²) in [6, 6.07) is 14.9. The van der Waals surface area contributed by atoms with Gasteiger partial charge in [0.15, 0.2) is 6.79 Å². The van der Waals surface area contributed by atoms with E-state index < -0.39 is 5.97 Å². The van der Waals surface area contributed by atoms with Gasteiger partial charge >= 0.3 is 5.97 Å². The lowest BCUT2D eigenvalue weighted by Crippen LogP contribution is -2.14. The number of rotatable bonds is 7. The molecule has 2 heterocycles. The third-order valence-corrected chi connectivity index (χ3v) is 5.94. The molecule has 1 aromatic heterocycles. The molecule has 0 saturated carbocycles. The van der Waals surface area contributed by atoms with E-state index in [1.807, 2.05) is 0 Å². The summed E-state index contributed by atoms with van der Waals surface area (Å²) in [5.74, 6) is 1.55. The minimum atomic E-state index is -0.426. The molecule has 37 heavy (non-hydrogen) atoms. The predicted octanol–water partition coefficient (Wildman–Crippen LogP) is 6.17. The molecule has 8 nitrogen and oxygen atoms in total. The highest BCUT2D eigenvalue weighted by Crippen LogP contribution is 2.33. The highest BCUT2D eigenvalue weighted by atomic mass is 35.5. The Bertz CT molecular complexity index is 1520. The van der Waals surface area contributed by atoms with Gasteiger partial charge in [-0.1, -0.05) is 11.6 Å². The van der Waals surface area contributed by atoms with Gasteiger partial charge in [-0.2, -0.15) is 0 Å². The van der Waals surface area contributed by atoms with Crippen LogP contribution in [-0.2, 0) is 22.7 Å². The molecule has 0 radical (unpaired) electrons. The van der Waals surface area contributed by atoms with Crippen molar-refractivity contribution in [1.82, 2.24) is 0 Å². The number of hydrogen-bond acceptors (Lipinski definition) is 8. The highest BCUT2D eigenvalue weighted by Gasteiger charge is 2.18. The first-order valence-corrected chi connectivity index (χ1v) is 12.0. The first-order valence-electron chi connectivity index (χ1n) is 11.6. The summed E-state index contributed by atoms with van der Waals surface area (Å²) in [4.78, 5) is 25.0.